The van der Waals surface area contributed by atoms with Gasteiger partial charge in [-0.15, -0.1) is 11.3 Å². The molecule has 10 heteroatoms. The number of hydrogen-bond acceptors (Lipinski definition) is 7. The van der Waals surface area contributed by atoms with E-state index in [9.17, 15) is 18.4 Å². The number of ether oxygens (including phenoxy) is 1. The van der Waals surface area contributed by atoms with Crippen LogP contribution in [0.4, 0.5) is 20.2 Å². The minimum absolute atomic E-state index is 0.264. The van der Waals surface area contributed by atoms with Crippen LogP contribution in [0.5, 0.6) is 0 Å². The van der Waals surface area contributed by atoms with Crippen LogP contribution < -0.4 is 10.9 Å². The maximum Gasteiger partial charge on any atom is 0.340 e. The van der Waals surface area contributed by atoms with Crippen LogP contribution in [0.25, 0.3) is 10.2 Å². The molecule has 0 fully saturated rings. The van der Waals surface area contributed by atoms with E-state index < -0.39 is 17.8 Å². The van der Waals surface area contributed by atoms with Gasteiger partial charge in [-0.2, -0.15) is 8.78 Å². The van der Waals surface area contributed by atoms with Crippen molar-refractivity contribution < 1.29 is 18.3 Å². The van der Waals surface area contributed by atoms with Crippen molar-refractivity contribution >= 4 is 50.7 Å². The summed E-state index contributed by atoms with van der Waals surface area (Å²) < 4.78 is 30.7. The Balaban J connectivity index is 1.53. The average Bonchev–Trinajstić information content (AvgIpc) is 3.08. The number of aromatic amines is 1. The maximum atomic E-state index is 13.0. The Labute approximate surface area is 202 Å². The fraction of sp³-hybridized carbons (Fsp3) is 0.208. The fourth-order valence-electron chi connectivity index (χ4n) is 3.39. The van der Waals surface area contributed by atoms with Gasteiger partial charge in [0.2, 0.25) is 0 Å². The lowest BCUT2D eigenvalue weighted by Gasteiger charge is -2.15. The predicted molar refractivity (Wildman–Crippen MR) is 132 cm³/mol. The van der Waals surface area contributed by atoms with Gasteiger partial charge >= 0.3 is 5.97 Å². The first-order valence-corrected chi connectivity index (χ1v) is 12.0. The quantitative estimate of drug-likeness (QED) is 0.220. The third kappa shape index (κ3) is 5.13. The summed E-state index contributed by atoms with van der Waals surface area (Å²) in [6, 6.07) is 13.3. The van der Waals surface area contributed by atoms with Crippen molar-refractivity contribution in [1.29, 1.82) is 0 Å². The van der Waals surface area contributed by atoms with E-state index in [2.05, 4.69) is 15.3 Å². The lowest BCUT2D eigenvalue weighted by Crippen LogP contribution is -2.17. The van der Waals surface area contributed by atoms with E-state index in [1.807, 2.05) is 13.8 Å². The topological polar surface area (TPSA) is 84.1 Å². The standard InChI is InChI=1S/C24H21F2N3O3S2/c1-12-14(3)33-22-19(12)21(30)28-20(29-22)13(2)32-23(31)17-6-4-5-7-18(17)27-15-8-10-16(11-9-15)34-24(25)26/h4-11,13,24,27H,1-3H3,(H,28,29,30). The molecule has 0 aliphatic carbocycles. The number of nitrogens with zero attached hydrogens (tertiary/aromatic N) is 1. The summed E-state index contributed by atoms with van der Waals surface area (Å²) in [6.07, 6.45) is -0.786. The number of esters is 1. The summed E-state index contributed by atoms with van der Waals surface area (Å²) in [6.45, 7) is 5.45. The molecular weight excluding hydrogens is 480 g/mol. The first-order valence-electron chi connectivity index (χ1n) is 10.3. The number of H-pyrrole nitrogens is 1. The summed E-state index contributed by atoms with van der Waals surface area (Å²) in [5, 5.41) is 3.67. The van der Waals surface area contributed by atoms with Crippen LogP contribution in [0.3, 0.4) is 0 Å². The average molecular weight is 502 g/mol. The van der Waals surface area contributed by atoms with E-state index in [4.69, 9.17) is 4.74 Å². The molecule has 2 aromatic heterocycles. The van der Waals surface area contributed by atoms with Crippen LogP contribution in [0.15, 0.2) is 58.2 Å². The Morgan fingerprint density at radius 1 is 1.15 bits per heavy atom. The van der Waals surface area contributed by atoms with Gasteiger partial charge in [-0.3, -0.25) is 4.79 Å². The van der Waals surface area contributed by atoms with E-state index in [1.165, 1.54) is 11.3 Å². The van der Waals surface area contributed by atoms with Crippen molar-refractivity contribution in [3.63, 3.8) is 0 Å². The number of hydrogen-bond donors (Lipinski definition) is 2. The van der Waals surface area contributed by atoms with E-state index >= 15 is 0 Å². The van der Waals surface area contributed by atoms with Crippen molar-refractivity contribution in [1.82, 2.24) is 9.97 Å². The van der Waals surface area contributed by atoms with Crippen LogP contribution in [-0.4, -0.2) is 21.7 Å². The number of rotatable bonds is 7. The maximum absolute atomic E-state index is 13.0. The third-order valence-electron chi connectivity index (χ3n) is 5.23. The molecule has 1 atom stereocenters. The van der Waals surface area contributed by atoms with E-state index in [-0.39, 0.29) is 16.9 Å². The minimum atomic E-state index is -2.49. The first kappa shape index (κ1) is 23.9. The van der Waals surface area contributed by atoms with Crippen LogP contribution in [-0.2, 0) is 4.74 Å². The van der Waals surface area contributed by atoms with Gasteiger partial charge in [-0.05, 0) is 62.7 Å². The smallest absolute Gasteiger partial charge is 0.340 e. The zero-order valence-corrected chi connectivity index (χ0v) is 20.2. The van der Waals surface area contributed by atoms with Crippen LogP contribution in [0.1, 0.15) is 39.7 Å². The van der Waals surface area contributed by atoms with E-state index in [1.54, 1.807) is 55.5 Å². The molecule has 0 radical (unpaired) electrons. The number of para-hydroxylation sites is 1. The van der Waals surface area contributed by atoms with Crippen LogP contribution >= 0.6 is 23.1 Å². The molecule has 0 spiro atoms. The normalized spacial score (nSPS) is 12.2. The van der Waals surface area contributed by atoms with Gasteiger partial charge in [0.1, 0.15) is 4.83 Å². The summed E-state index contributed by atoms with van der Waals surface area (Å²) >= 11 is 1.89. The van der Waals surface area contributed by atoms with Crippen molar-refractivity contribution in [2.75, 3.05) is 5.32 Å². The molecule has 0 saturated heterocycles. The summed E-state index contributed by atoms with van der Waals surface area (Å²) in [5.74, 6) is -2.82. The number of aryl methyl sites for hydroxylation is 2. The number of carbonyl (C=O) groups excluding carboxylic acids is 1. The number of thioether (sulfide) groups is 1. The number of fused-ring (bicyclic) bond motifs is 1. The van der Waals surface area contributed by atoms with Gasteiger partial charge in [0.05, 0.1) is 16.6 Å². The number of benzene rings is 2. The molecule has 0 amide bonds. The second kappa shape index (κ2) is 9.94. The van der Waals surface area contributed by atoms with Crippen molar-refractivity contribution in [2.24, 2.45) is 0 Å². The molecule has 176 valence electrons. The summed E-state index contributed by atoms with van der Waals surface area (Å²) in [7, 11) is 0. The van der Waals surface area contributed by atoms with Gasteiger partial charge in [0.25, 0.3) is 11.3 Å². The number of carbonyl (C=O) groups is 1. The molecule has 6 nitrogen and oxygen atoms in total. The Kier molecular flexibility index (Phi) is 6.99. The second-order valence-electron chi connectivity index (χ2n) is 7.54. The monoisotopic (exact) mass is 501 g/mol. The largest absolute Gasteiger partial charge is 0.451 e. The number of anilines is 2. The molecule has 4 aromatic rings. The predicted octanol–water partition coefficient (Wildman–Crippen LogP) is 6.58. The summed E-state index contributed by atoms with van der Waals surface area (Å²) in [4.78, 5) is 34.8. The first-order chi connectivity index (χ1) is 16.2. The van der Waals surface area contributed by atoms with Crippen molar-refractivity contribution in [3.05, 3.63) is 80.7 Å². The highest BCUT2D eigenvalue weighted by Gasteiger charge is 2.20. The van der Waals surface area contributed by atoms with E-state index in [0.717, 1.165) is 10.4 Å². The van der Waals surface area contributed by atoms with Gasteiger partial charge in [0, 0.05) is 15.5 Å². The molecule has 0 bridgehead atoms. The highest BCUT2D eigenvalue weighted by Crippen LogP contribution is 2.29. The molecule has 2 N–H and O–H groups in total. The molecular formula is C24H21F2N3O3S2. The Morgan fingerprint density at radius 2 is 1.85 bits per heavy atom. The van der Waals surface area contributed by atoms with Crippen molar-refractivity contribution in [2.45, 2.75) is 37.5 Å². The van der Waals surface area contributed by atoms with Gasteiger partial charge in [-0.1, -0.05) is 23.9 Å². The number of halogens is 2. The molecule has 1 unspecified atom stereocenters. The Morgan fingerprint density at radius 3 is 2.56 bits per heavy atom. The lowest BCUT2D eigenvalue weighted by molar-refractivity contribution is 0.0321. The summed E-state index contributed by atoms with van der Waals surface area (Å²) in [5.41, 5.74) is 2.04. The van der Waals surface area contributed by atoms with Gasteiger partial charge in [0.15, 0.2) is 11.9 Å². The number of aromatic nitrogens is 2. The lowest BCUT2D eigenvalue weighted by atomic mass is 10.1. The van der Waals surface area contributed by atoms with E-state index in [0.29, 0.717) is 38.2 Å². The number of nitrogens with one attached hydrogen (secondary N) is 2. The van der Waals surface area contributed by atoms with Gasteiger partial charge < -0.3 is 15.0 Å². The fourth-order valence-corrected chi connectivity index (χ4v) is 4.93. The number of alkyl halides is 2. The molecule has 0 aliphatic heterocycles. The van der Waals surface area contributed by atoms with Crippen LogP contribution in [0.2, 0.25) is 0 Å². The zero-order valence-electron chi connectivity index (χ0n) is 18.5. The highest BCUT2D eigenvalue weighted by atomic mass is 32.2. The molecule has 0 saturated carbocycles. The van der Waals surface area contributed by atoms with Crippen molar-refractivity contribution in [3.8, 4) is 0 Å². The zero-order chi connectivity index (χ0) is 24.4. The Bertz CT molecular complexity index is 1400. The molecule has 0 aliphatic rings. The minimum Gasteiger partial charge on any atom is -0.451 e. The number of thiophene rings is 1. The highest BCUT2D eigenvalue weighted by molar-refractivity contribution is 7.99. The molecule has 2 aromatic carbocycles. The Hall–Kier alpha value is -3.24. The molecule has 4 rings (SSSR count). The molecule has 2 heterocycles. The SMILES string of the molecule is Cc1sc2nc(C(C)OC(=O)c3ccccc3Nc3ccc(SC(F)F)cc3)[nH]c(=O)c2c1C. The molecule has 34 heavy (non-hydrogen) atoms. The van der Waals surface area contributed by atoms with Gasteiger partial charge in [-0.25, -0.2) is 9.78 Å². The van der Waals surface area contributed by atoms with Crippen LogP contribution in [0, 0.1) is 13.8 Å². The third-order valence-corrected chi connectivity index (χ3v) is 7.06. The second-order valence-corrected chi connectivity index (χ2v) is 9.80.